The summed E-state index contributed by atoms with van der Waals surface area (Å²) < 4.78 is 25.4. The Balaban J connectivity index is 1.70. The lowest BCUT2D eigenvalue weighted by Crippen LogP contribution is -2.51. The number of rotatable bonds is 8. The SMILES string of the molecule is CC1=CN([C@H]2CC[C@@H](COP(=O)(NC(C)C(=O)O)c3ccccc3C)O2)C(=O)N[C@H]1O. The molecule has 5 atom stereocenters. The number of hydrogen-bond acceptors (Lipinski definition) is 6. The molecular formula is C20H28N3O7P. The maximum atomic E-state index is 13.7. The Hall–Kier alpha value is -2.23. The summed E-state index contributed by atoms with van der Waals surface area (Å²) in [7, 11) is -3.70. The fourth-order valence-corrected chi connectivity index (χ4v) is 5.62. The van der Waals surface area contributed by atoms with E-state index in [-0.39, 0.29) is 6.61 Å². The van der Waals surface area contributed by atoms with E-state index in [9.17, 15) is 24.4 Å². The highest BCUT2D eigenvalue weighted by molar-refractivity contribution is 7.65. The van der Waals surface area contributed by atoms with Crippen molar-refractivity contribution in [3.05, 3.63) is 41.6 Å². The molecule has 2 aliphatic rings. The monoisotopic (exact) mass is 453 g/mol. The Morgan fingerprint density at radius 1 is 1.39 bits per heavy atom. The molecule has 1 aromatic rings. The number of ether oxygens (including phenoxy) is 1. The number of carbonyl (C=O) groups is 2. The summed E-state index contributed by atoms with van der Waals surface area (Å²) in [5, 5.41) is 24.4. The molecule has 31 heavy (non-hydrogen) atoms. The van der Waals surface area contributed by atoms with Crippen LogP contribution in [0.3, 0.4) is 0 Å². The first kappa shape index (κ1) is 23.4. The van der Waals surface area contributed by atoms with Gasteiger partial charge in [-0.05, 0) is 50.8 Å². The summed E-state index contributed by atoms with van der Waals surface area (Å²) in [5.41, 5.74) is 1.30. The largest absolute Gasteiger partial charge is 0.480 e. The van der Waals surface area contributed by atoms with Crippen LogP contribution in [0.2, 0.25) is 0 Å². The van der Waals surface area contributed by atoms with E-state index in [0.717, 1.165) is 0 Å². The van der Waals surface area contributed by atoms with Crippen LogP contribution in [0.4, 0.5) is 4.79 Å². The van der Waals surface area contributed by atoms with Gasteiger partial charge >= 0.3 is 19.5 Å². The predicted octanol–water partition coefficient (Wildman–Crippen LogP) is 1.65. The molecule has 170 valence electrons. The molecule has 3 rings (SSSR count). The van der Waals surface area contributed by atoms with Crippen LogP contribution in [0.5, 0.6) is 0 Å². The number of aryl methyl sites for hydroxylation is 1. The fourth-order valence-electron chi connectivity index (χ4n) is 3.45. The number of aliphatic hydroxyl groups is 1. The van der Waals surface area contributed by atoms with Crippen LogP contribution < -0.4 is 15.7 Å². The number of carbonyl (C=O) groups excluding carboxylic acids is 1. The number of urea groups is 1. The van der Waals surface area contributed by atoms with Crippen molar-refractivity contribution in [1.82, 2.24) is 15.3 Å². The molecule has 11 heteroatoms. The van der Waals surface area contributed by atoms with Gasteiger partial charge in [0.1, 0.15) is 12.3 Å². The molecule has 0 spiro atoms. The number of benzene rings is 1. The Morgan fingerprint density at radius 2 is 2.10 bits per heavy atom. The molecule has 0 bridgehead atoms. The number of aliphatic carboxylic acids is 1. The first-order valence-electron chi connectivity index (χ1n) is 10.0. The highest BCUT2D eigenvalue weighted by atomic mass is 31.2. The summed E-state index contributed by atoms with van der Waals surface area (Å²) >= 11 is 0. The molecule has 4 N–H and O–H groups in total. The second-order valence-corrected chi connectivity index (χ2v) is 9.85. The van der Waals surface area contributed by atoms with Crippen LogP contribution in [0.25, 0.3) is 0 Å². The van der Waals surface area contributed by atoms with Crippen LogP contribution in [-0.4, -0.2) is 58.3 Å². The first-order chi connectivity index (χ1) is 14.6. The topological polar surface area (TPSA) is 137 Å². The standard InChI is InChI=1S/C20H28N3O7P/c1-12-6-4-5-7-16(12)31(28,22-14(3)19(25)26)29-11-15-8-9-17(30-15)23-10-13(2)18(24)21-20(23)27/h4-7,10,14-15,17-18,24H,8-9,11H2,1-3H3,(H,21,27)(H,22,28)(H,25,26)/t14?,15-,17+,18-,31?/m0/s1. The minimum atomic E-state index is -3.70. The van der Waals surface area contributed by atoms with Gasteiger partial charge in [0.05, 0.1) is 18.0 Å². The molecule has 1 aromatic carbocycles. The molecular weight excluding hydrogens is 425 g/mol. The third-order valence-corrected chi connectivity index (χ3v) is 7.65. The van der Waals surface area contributed by atoms with E-state index in [0.29, 0.717) is 29.3 Å². The minimum Gasteiger partial charge on any atom is -0.480 e. The van der Waals surface area contributed by atoms with Crippen LogP contribution in [0, 0.1) is 6.92 Å². The average molecular weight is 453 g/mol. The number of aliphatic hydroxyl groups excluding tert-OH is 1. The van der Waals surface area contributed by atoms with Gasteiger partial charge in [0.2, 0.25) is 0 Å². The van der Waals surface area contributed by atoms with Crippen molar-refractivity contribution in [2.24, 2.45) is 0 Å². The fraction of sp³-hybridized carbons (Fsp3) is 0.500. The predicted molar refractivity (Wildman–Crippen MR) is 113 cm³/mol. The highest BCUT2D eigenvalue weighted by Gasteiger charge is 2.37. The summed E-state index contributed by atoms with van der Waals surface area (Å²) in [6.45, 7) is 4.83. The van der Waals surface area contributed by atoms with Gasteiger partial charge in [-0.25, -0.2) is 9.88 Å². The molecule has 2 heterocycles. The van der Waals surface area contributed by atoms with Crippen LogP contribution in [-0.2, 0) is 18.6 Å². The normalized spacial score (nSPS) is 26.7. The van der Waals surface area contributed by atoms with E-state index in [1.807, 2.05) is 0 Å². The minimum absolute atomic E-state index is 0.0395. The zero-order valence-corrected chi connectivity index (χ0v) is 18.5. The van der Waals surface area contributed by atoms with Gasteiger partial charge in [-0.1, -0.05) is 18.2 Å². The number of carboxylic acid groups (broad SMARTS) is 1. The van der Waals surface area contributed by atoms with E-state index < -0.39 is 44.1 Å². The summed E-state index contributed by atoms with van der Waals surface area (Å²) in [5.74, 6) is -1.14. The van der Waals surface area contributed by atoms with Gasteiger partial charge in [0.25, 0.3) is 0 Å². The second-order valence-electron chi connectivity index (χ2n) is 7.75. The van der Waals surface area contributed by atoms with Crippen LogP contribution >= 0.6 is 7.52 Å². The van der Waals surface area contributed by atoms with Gasteiger partial charge in [0, 0.05) is 6.20 Å². The van der Waals surface area contributed by atoms with E-state index in [1.54, 1.807) is 44.3 Å². The van der Waals surface area contributed by atoms with E-state index >= 15 is 0 Å². The quantitative estimate of drug-likeness (QED) is 0.436. The van der Waals surface area contributed by atoms with Crippen molar-refractivity contribution in [1.29, 1.82) is 0 Å². The summed E-state index contributed by atoms with van der Waals surface area (Å²) in [6, 6.07) is 5.38. The number of carboxylic acids is 1. The molecule has 0 aliphatic carbocycles. The van der Waals surface area contributed by atoms with Crippen molar-refractivity contribution < 1.29 is 33.6 Å². The molecule has 0 aromatic heterocycles. The molecule has 1 fully saturated rings. The van der Waals surface area contributed by atoms with Gasteiger partial charge in [-0.2, -0.15) is 0 Å². The lowest BCUT2D eigenvalue weighted by Gasteiger charge is -2.32. The zero-order chi connectivity index (χ0) is 22.8. The molecule has 0 saturated carbocycles. The molecule has 1 saturated heterocycles. The molecule has 0 radical (unpaired) electrons. The van der Waals surface area contributed by atoms with E-state index in [1.165, 1.54) is 11.8 Å². The molecule has 2 unspecified atom stereocenters. The zero-order valence-electron chi connectivity index (χ0n) is 17.6. The van der Waals surface area contributed by atoms with Crippen molar-refractivity contribution in [3.8, 4) is 0 Å². The van der Waals surface area contributed by atoms with Gasteiger partial charge in [-0.15, -0.1) is 0 Å². The summed E-state index contributed by atoms with van der Waals surface area (Å²) in [6.07, 6.45) is 0.649. The number of hydrogen-bond donors (Lipinski definition) is 4. The van der Waals surface area contributed by atoms with Crippen LogP contribution in [0.1, 0.15) is 32.3 Å². The molecule has 2 amide bonds. The number of nitrogens with one attached hydrogen (secondary N) is 2. The average Bonchev–Trinajstić information content (AvgIpc) is 3.18. The van der Waals surface area contributed by atoms with Gasteiger partial charge in [0.15, 0.2) is 6.23 Å². The first-order valence-corrected chi connectivity index (χ1v) is 11.7. The Bertz CT molecular complexity index is 922. The maximum absolute atomic E-state index is 13.7. The van der Waals surface area contributed by atoms with Crippen LogP contribution in [0.15, 0.2) is 36.0 Å². The third-order valence-electron chi connectivity index (χ3n) is 5.27. The van der Waals surface area contributed by atoms with E-state index in [2.05, 4.69) is 10.4 Å². The van der Waals surface area contributed by atoms with E-state index in [4.69, 9.17) is 9.26 Å². The third kappa shape index (κ3) is 5.34. The maximum Gasteiger partial charge on any atom is 0.325 e. The molecule has 10 nitrogen and oxygen atoms in total. The lowest BCUT2D eigenvalue weighted by atomic mass is 10.2. The highest BCUT2D eigenvalue weighted by Crippen LogP contribution is 2.43. The van der Waals surface area contributed by atoms with Crippen molar-refractivity contribution in [2.45, 2.75) is 58.2 Å². The Morgan fingerprint density at radius 3 is 2.77 bits per heavy atom. The molecule has 2 aliphatic heterocycles. The lowest BCUT2D eigenvalue weighted by molar-refractivity contribution is -0.138. The van der Waals surface area contributed by atoms with Crippen molar-refractivity contribution >= 4 is 24.8 Å². The second kappa shape index (κ2) is 9.50. The Kier molecular flexibility index (Phi) is 7.18. The summed E-state index contributed by atoms with van der Waals surface area (Å²) in [4.78, 5) is 24.9. The number of amides is 2. The van der Waals surface area contributed by atoms with Crippen molar-refractivity contribution in [3.63, 3.8) is 0 Å². The van der Waals surface area contributed by atoms with Gasteiger partial charge in [-0.3, -0.25) is 14.3 Å². The Labute approximate surface area is 180 Å². The smallest absolute Gasteiger partial charge is 0.325 e. The number of nitrogens with zero attached hydrogens (tertiary/aromatic N) is 1. The van der Waals surface area contributed by atoms with Crippen molar-refractivity contribution in [2.75, 3.05) is 6.61 Å². The van der Waals surface area contributed by atoms with Gasteiger partial charge < -0.3 is 24.8 Å².